The molecule has 2 atom stereocenters. The topological polar surface area (TPSA) is 348 Å². The van der Waals surface area contributed by atoms with Gasteiger partial charge in [0.1, 0.15) is 0 Å². The van der Waals surface area contributed by atoms with E-state index in [9.17, 15) is 78.3 Å². The van der Waals surface area contributed by atoms with Crippen LogP contribution < -0.4 is 10.6 Å². The Balaban J connectivity index is 1.33. The number of aliphatic carboxylic acids is 6. The molecule has 0 amide bonds. The summed E-state index contributed by atoms with van der Waals surface area (Å²) < 4.78 is 27.5. The van der Waals surface area contributed by atoms with Crippen LogP contribution >= 0.6 is 27.0 Å². The Morgan fingerprint density at radius 2 is 0.568 bits per heavy atom. The number of nitrogens with one attached hydrogen (secondary N) is 2. The standard InChI is InChI=1S/C45H70N10O16P2S/c56-39(57)25-48-9-13-50(27-41(60)61)17-21-54(22-18-51(14-10-48)28-42(62)63)33-72(68,69)31-35-1-5-37(6-2-35)46-45(74)47-38-7-3-36(4-8-38)32-73(70,71)34-55-23-19-52(29-43(64)65)15-11-49(26-40(58)59)12-16-53(20-24-55)30-44(66)67/h1-8H,9-34H2,(H,56,57)(H,58,59)(H,60,61)(H,62,63)(H,64,65)(H,66,67)(H,68,69)(H,70,71)(H2,46,47,74). The molecule has 2 aliphatic rings. The maximum Gasteiger partial charge on any atom is 0.317 e. The molecule has 0 saturated carbocycles. The van der Waals surface area contributed by atoms with E-state index in [0.717, 1.165) is 0 Å². The molecule has 2 heterocycles. The Kier molecular flexibility index (Phi) is 25.4. The molecule has 0 radical (unpaired) electrons. The molecule has 26 nitrogen and oxygen atoms in total. The number of carbonyl (C=O) groups is 6. The number of hydrogen-bond acceptors (Lipinski definition) is 17. The lowest BCUT2D eigenvalue weighted by Gasteiger charge is -2.33. The lowest BCUT2D eigenvalue weighted by Crippen LogP contribution is -2.48. The molecule has 10 N–H and O–H groups in total. The minimum atomic E-state index is -3.89. The van der Waals surface area contributed by atoms with Gasteiger partial charge in [0.2, 0.25) is 14.7 Å². The Bertz CT molecular complexity index is 2090. The molecular formula is C45H70N10O16P2S. The lowest BCUT2D eigenvalue weighted by atomic mass is 10.2. The second-order valence-corrected chi connectivity index (χ2v) is 23.5. The SMILES string of the molecule is O=C(O)CN1CCN(CC(=O)O)CCN(CP(=O)(O)Cc2ccc(NC(=S)Nc3ccc(CP(=O)(O)CN4CCN(CC(=O)O)CCN(CC(=O)O)CCN(CC(=O)O)CC4)cc3)cc2)CCN(CC(=O)O)CC1. The third kappa shape index (κ3) is 25.5. The first-order chi connectivity index (χ1) is 34.9. The van der Waals surface area contributed by atoms with E-state index in [0.29, 0.717) is 22.5 Å². The molecule has 0 bridgehead atoms. The number of nitrogens with zero attached hydrogens (tertiary/aromatic N) is 8. The molecule has 2 aliphatic heterocycles. The van der Waals surface area contributed by atoms with Crippen LogP contribution in [-0.2, 0) is 50.2 Å². The molecule has 2 saturated heterocycles. The minimum Gasteiger partial charge on any atom is -0.480 e. The molecule has 2 aromatic rings. The first kappa shape index (κ1) is 61.6. The fraction of sp³-hybridized carbons (Fsp3) is 0.578. The fourth-order valence-corrected chi connectivity index (χ4v) is 12.3. The van der Waals surface area contributed by atoms with Crippen LogP contribution in [0.4, 0.5) is 11.4 Å². The first-order valence-corrected chi connectivity index (χ1v) is 28.3. The smallest absolute Gasteiger partial charge is 0.317 e. The van der Waals surface area contributed by atoms with Gasteiger partial charge in [-0.1, -0.05) is 24.3 Å². The van der Waals surface area contributed by atoms with Crippen molar-refractivity contribution in [3.63, 3.8) is 0 Å². The lowest BCUT2D eigenvalue weighted by molar-refractivity contribution is -0.140. The van der Waals surface area contributed by atoms with E-state index in [1.54, 1.807) is 87.7 Å². The van der Waals surface area contributed by atoms with E-state index in [1.165, 1.54) is 0 Å². The van der Waals surface area contributed by atoms with Crippen molar-refractivity contribution in [3.8, 4) is 0 Å². The Morgan fingerprint density at radius 1 is 0.378 bits per heavy atom. The third-order valence-corrected chi connectivity index (χ3v) is 15.7. The molecule has 2 fully saturated rings. The summed E-state index contributed by atoms with van der Waals surface area (Å²) >= 11 is 5.52. The monoisotopic (exact) mass is 1100 g/mol. The van der Waals surface area contributed by atoms with Crippen LogP contribution in [0.15, 0.2) is 48.5 Å². The maximum absolute atomic E-state index is 13.7. The highest BCUT2D eigenvalue weighted by Crippen LogP contribution is 2.46. The second-order valence-electron chi connectivity index (χ2n) is 18.5. The van der Waals surface area contributed by atoms with Crippen LogP contribution in [0.1, 0.15) is 11.1 Å². The fourth-order valence-electron chi connectivity index (χ4n) is 8.51. The number of benzene rings is 2. The molecule has 2 unspecified atom stereocenters. The Labute approximate surface area is 434 Å². The zero-order chi connectivity index (χ0) is 54.4. The molecular weight excluding hydrogens is 1030 g/mol. The van der Waals surface area contributed by atoms with Crippen LogP contribution in [-0.4, -0.2) is 277 Å². The predicted octanol–water partition coefficient (Wildman–Crippen LogP) is -0.0979. The van der Waals surface area contributed by atoms with Gasteiger partial charge < -0.3 is 51.1 Å². The number of carboxylic acid groups (broad SMARTS) is 6. The Hall–Kier alpha value is -4.99. The van der Waals surface area contributed by atoms with E-state index < -0.39 is 50.6 Å². The van der Waals surface area contributed by atoms with E-state index >= 15 is 0 Å². The quantitative estimate of drug-likeness (QED) is 0.0544. The second kappa shape index (κ2) is 30.5. The van der Waals surface area contributed by atoms with Gasteiger partial charge in [0.15, 0.2) is 5.11 Å². The number of carboxylic acids is 6. The van der Waals surface area contributed by atoms with Gasteiger partial charge in [-0.15, -0.1) is 0 Å². The largest absolute Gasteiger partial charge is 0.480 e. The van der Waals surface area contributed by atoms with E-state index in [1.807, 2.05) is 0 Å². The van der Waals surface area contributed by atoms with Crippen molar-refractivity contribution in [2.75, 3.05) is 167 Å². The summed E-state index contributed by atoms with van der Waals surface area (Å²) in [6, 6.07) is 13.4. The summed E-state index contributed by atoms with van der Waals surface area (Å²) in [4.78, 5) is 105. The molecule has 74 heavy (non-hydrogen) atoms. The highest BCUT2D eigenvalue weighted by atomic mass is 32.1. The zero-order valence-corrected chi connectivity index (χ0v) is 43.8. The van der Waals surface area contributed by atoms with Crippen molar-refractivity contribution in [2.24, 2.45) is 0 Å². The summed E-state index contributed by atoms with van der Waals surface area (Å²) in [5, 5.41) is 63.2. The predicted molar refractivity (Wildman–Crippen MR) is 277 cm³/mol. The van der Waals surface area contributed by atoms with E-state index in [4.69, 9.17) is 12.2 Å². The van der Waals surface area contributed by atoms with Gasteiger partial charge in [-0.2, -0.15) is 0 Å². The third-order valence-electron chi connectivity index (χ3n) is 12.1. The van der Waals surface area contributed by atoms with Crippen molar-refractivity contribution in [1.29, 1.82) is 0 Å². The van der Waals surface area contributed by atoms with Crippen LogP contribution in [0.5, 0.6) is 0 Å². The molecule has 29 heteroatoms. The molecule has 2 aromatic carbocycles. The minimum absolute atomic E-state index is 0.188. The molecule has 0 aliphatic carbocycles. The maximum atomic E-state index is 13.7. The average molecular weight is 1100 g/mol. The molecule has 0 spiro atoms. The van der Waals surface area contributed by atoms with Crippen molar-refractivity contribution in [3.05, 3.63) is 59.7 Å². The van der Waals surface area contributed by atoms with Crippen LogP contribution in [0.2, 0.25) is 0 Å². The normalized spacial score (nSPS) is 19.5. The average Bonchev–Trinajstić information content (AvgIpc) is 3.28. The zero-order valence-electron chi connectivity index (χ0n) is 41.2. The van der Waals surface area contributed by atoms with Gasteiger partial charge >= 0.3 is 35.8 Å². The number of anilines is 2. The van der Waals surface area contributed by atoms with Crippen molar-refractivity contribution in [1.82, 2.24) is 39.2 Å². The first-order valence-electron chi connectivity index (χ1n) is 23.9. The van der Waals surface area contributed by atoms with E-state index in [2.05, 4.69) is 10.6 Å². The van der Waals surface area contributed by atoms with Gasteiger partial charge in [0.25, 0.3) is 0 Å². The summed E-state index contributed by atoms with van der Waals surface area (Å²) in [6.45, 7) is 1.50. The van der Waals surface area contributed by atoms with Gasteiger partial charge in [0, 0.05) is 116 Å². The number of thiocarbonyl (C=S) groups is 1. The van der Waals surface area contributed by atoms with Gasteiger partial charge in [-0.05, 0) is 47.6 Å². The van der Waals surface area contributed by atoms with Crippen molar-refractivity contribution >= 4 is 79.3 Å². The molecule has 4 rings (SSSR count). The van der Waals surface area contributed by atoms with Gasteiger partial charge in [0.05, 0.1) is 64.2 Å². The van der Waals surface area contributed by atoms with Crippen molar-refractivity contribution in [2.45, 2.75) is 12.3 Å². The highest BCUT2D eigenvalue weighted by Gasteiger charge is 2.28. The summed E-state index contributed by atoms with van der Waals surface area (Å²) in [6.07, 6.45) is -0.867. The molecule has 412 valence electrons. The Morgan fingerprint density at radius 3 is 0.757 bits per heavy atom. The summed E-state index contributed by atoms with van der Waals surface area (Å²) in [7, 11) is -7.78. The van der Waals surface area contributed by atoms with Gasteiger partial charge in [-0.3, -0.25) is 77.1 Å². The van der Waals surface area contributed by atoms with Crippen LogP contribution in [0.25, 0.3) is 0 Å². The van der Waals surface area contributed by atoms with E-state index in [-0.39, 0.29) is 174 Å². The van der Waals surface area contributed by atoms with Crippen LogP contribution in [0.3, 0.4) is 0 Å². The summed E-state index contributed by atoms with van der Waals surface area (Å²) in [5.41, 5.74) is 2.25. The summed E-state index contributed by atoms with van der Waals surface area (Å²) in [5.74, 6) is -6.45. The van der Waals surface area contributed by atoms with Gasteiger partial charge in [-0.25, -0.2) is 0 Å². The highest BCUT2D eigenvalue weighted by molar-refractivity contribution is 7.80. The van der Waals surface area contributed by atoms with Crippen LogP contribution in [0, 0.1) is 0 Å². The number of hydrogen-bond donors (Lipinski definition) is 10. The molecule has 0 aromatic heterocycles. The number of rotatable bonds is 22. The van der Waals surface area contributed by atoms with Crippen molar-refractivity contribution < 1.29 is 78.3 Å².